The Kier molecular flexibility index (Phi) is 4.86. The number of aromatic nitrogens is 1. The standard InChI is InChI=1S/C13H14BrFN2S/c1-2-17-13(6-10-7-16-8-18-10)11-5-9(14)3-4-12(11)15/h3-5,7-8,13,17H,2,6H2,1H3. The molecule has 2 rings (SSSR count). The Hall–Kier alpha value is -0.780. The van der Waals surface area contributed by atoms with E-state index >= 15 is 0 Å². The predicted molar refractivity (Wildman–Crippen MR) is 76.3 cm³/mol. The normalized spacial score (nSPS) is 12.6. The van der Waals surface area contributed by atoms with Crippen LogP contribution >= 0.6 is 27.3 Å². The summed E-state index contributed by atoms with van der Waals surface area (Å²) >= 11 is 4.99. The Labute approximate surface area is 118 Å². The minimum Gasteiger partial charge on any atom is -0.310 e. The van der Waals surface area contributed by atoms with Crippen LogP contribution in [0.5, 0.6) is 0 Å². The van der Waals surface area contributed by atoms with Crippen molar-refractivity contribution in [1.82, 2.24) is 10.3 Å². The first-order valence-corrected chi connectivity index (χ1v) is 7.43. The highest BCUT2D eigenvalue weighted by molar-refractivity contribution is 9.10. The molecule has 1 atom stereocenters. The quantitative estimate of drug-likeness (QED) is 0.899. The van der Waals surface area contributed by atoms with Crippen molar-refractivity contribution in [2.45, 2.75) is 19.4 Å². The van der Waals surface area contributed by atoms with Gasteiger partial charge < -0.3 is 5.32 Å². The van der Waals surface area contributed by atoms with Gasteiger partial charge in [0, 0.05) is 33.6 Å². The summed E-state index contributed by atoms with van der Waals surface area (Å²) in [5, 5.41) is 3.32. The largest absolute Gasteiger partial charge is 0.310 e. The van der Waals surface area contributed by atoms with Gasteiger partial charge in [-0.3, -0.25) is 4.98 Å². The summed E-state index contributed by atoms with van der Waals surface area (Å²) in [5.74, 6) is -0.173. The number of halogens is 2. The minimum absolute atomic E-state index is 0.0204. The van der Waals surface area contributed by atoms with Gasteiger partial charge in [0.2, 0.25) is 0 Å². The number of likely N-dealkylation sites (N-methyl/N-ethyl adjacent to an activating group) is 1. The van der Waals surface area contributed by atoms with Crippen LogP contribution in [0.4, 0.5) is 4.39 Å². The Morgan fingerprint density at radius 3 is 3.00 bits per heavy atom. The summed E-state index contributed by atoms with van der Waals surface area (Å²) in [4.78, 5) is 5.21. The fourth-order valence-corrected chi connectivity index (χ4v) is 2.88. The molecular weight excluding hydrogens is 315 g/mol. The SMILES string of the molecule is CCNC(Cc1cncs1)c1cc(Br)ccc1F. The van der Waals surface area contributed by atoms with E-state index in [9.17, 15) is 4.39 Å². The zero-order valence-corrected chi connectivity index (χ0v) is 12.4. The topological polar surface area (TPSA) is 24.9 Å². The molecule has 0 saturated carbocycles. The molecule has 2 aromatic rings. The summed E-state index contributed by atoms with van der Waals surface area (Å²) in [6.45, 7) is 2.82. The van der Waals surface area contributed by atoms with Gasteiger partial charge in [0.15, 0.2) is 0 Å². The number of benzene rings is 1. The van der Waals surface area contributed by atoms with Crippen LogP contribution in [0.3, 0.4) is 0 Å². The van der Waals surface area contributed by atoms with E-state index < -0.39 is 0 Å². The van der Waals surface area contributed by atoms with E-state index in [1.54, 1.807) is 22.9 Å². The smallest absolute Gasteiger partial charge is 0.128 e. The summed E-state index contributed by atoms with van der Waals surface area (Å²) < 4.78 is 14.8. The molecule has 0 aliphatic carbocycles. The molecule has 0 aliphatic rings. The van der Waals surface area contributed by atoms with Crippen molar-refractivity contribution in [3.8, 4) is 0 Å². The van der Waals surface area contributed by atoms with E-state index in [0.717, 1.165) is 22.3 Å². The number of hydrogen-bond acceptors (Lipinski definition) is 3. The molecular formula is C13H14BrFN2S. The molecule has 1 heterocycles. The number of hydrogen-bond donors (Lipinski definition) is 1. The molecule has 1 unspecified atom stereocenters. The van der Waals surface area contributed by atoms with Gasteiger partial charge in [0.05, 0.1) is 5.51 Å². The molecule has 2 nitrogen and oxygen atoms in total. The van der Waals surface area contributed by atoms with E-state index in [1.807, 2.05) is 19.2 Å². The van der Waals surface area contributed by atoms with E-state index in [-0.39, 0.29) is 11.9 Å². The van der Waals surface area contributed by atoms with Crippen molar-refractivity contribution in [2.75, 3.05) is 6.54 Å². The van der Waals surface area contributed by atoms with E-state index in [4.69, 9.17) is 0 Å². The molecule has 1 aromatic carbocycles. The molecule has 0 saturated heterocycles. The third-order valence-corrected chi connectivity index (χ3v) is 3.97. The lowest BCUT2D eigenvalue weighted by atomic mass is 10.0. The fraction of sp³-hybridized carbons (Fsp3) is 0.308. The molecule has 5 heteroatoms. The van der Waals surface area contributed by atoms with Crippen LogP contribution in [0.2, 0.25) is 0 Å². The van der Waals surface area contributed by atoms with Crippen molar-refractivity contribution in [3.05, 3.63) is 50.6 Å². The third kappa shape index (κ3) is 3.37. The zero-order valence-electron chi connectivity index (χ0n) is 9.99. The highest BCUT2D eigenvalue weighted by atomic mass is 79.9. The van der Waals surface area contributed by atoms with Gasteiger partial charge in [0.25, 0.3) is 0 Å². The first-order valence-electron chi connectivity index (χ1n) is 5.76. The summed E-state index contributed by atoms with van der Waals surface area (Å²) in [6.07, 6.45) is 2.59. The second-order valence-electron chi connectivity index (χ2n) is 3.95. The molecule has 0 bridgehead atoms. The van der Waals surface area contributed by atoms with E-state index in [2.05, 4.69) is 26.2 Å². The number of nitrogens with one attached hydrogen (secondary N) is 1. The van der Waals surface area contributed by atoms with Crippen molar-refractivity contribution in [3.63, 3.8) is 0 Å². The van der Waals surface area contributed by atoms with E-state index in [1.165, 1.54) is 6.07 Å². The minimum atomic E-state index is -0.173. The Balaban J connectivity index is 2.26. The van der Waals surface area contributed by atoms with Crippen LogP contribution in [0.25, 0.3) is 0 Å². The summed E-state index contributed by atoms with van der Waals surface area (Å²) in [6, 6.07) is 5.03. The highest BCUT2D eigenvalue weighted by Gasteiger charge is 2.16. The van der Waals surface area contributed by atoms with Gasteiger partial charge in [-0.05, 0) is 24.7 Å². The average Bonchev–Trinajstić information content (AvgIpc) is 2.85. The van der Waals surface area contributed by atoms with Crippen molar-refractivity contribution in [1.29, 1.82) is 0 Å². The van der Waals surface area contributed by atoms with Crippen LogP contribution < -0.4 is 5.32 Å². The highest BCUT2D eigenvalue weighted by Crippen LogP contribution is 2.25. The maximum absolute atomic E-state index is 13.9. The van der Waals surface area contributed by atoms with Crippen LogP contribution in [0.1, 0.15) is 23.4 Å². The Morgan fingerprint density at radius 1 is 1.50 bits per heavy atom. The molecule has 18 heavy (non-hydrogen) atoms. The second-order valence-corrected chi connectivity index (χ2v) is 5.83. The first kappa shape index (κ1) is 13.6. The van der Waals surface area contributed by atoms with Gasteiger partial charge in [-0.1, -0.05) is 22.9 Å². The van der Waals surface area contributed by atoms with Crippen molar-refractivity contribution >= 4 is 27.3 Å². The molecule has 0 aliphatic heterocycles. The van der Waals surface area contributed by atoms with Crippen molar-refractivity contribution in [2.24, 2.45) is 0 Å². The number of nitrogens with zero attached hydrogens (tertiary/aromatic N) is 1. The van der Waals surface area contributed by atoms with Crippen LogP contribution in [0.15, 0.2) is 34.4 Å². The first-order chi connectivity index (χ1) is 8.70. The number of thiazole rings is 1. The lowest BCUT2D eigenvalue weighted by Gasteiger charge is -2.18. The molecule has 1 N–H and O–H groups in total. The van der Waals surface area contributed by atoms with Crippen molar-refractivity contribution < 1.29 is 4.39 Å². The molecule has 96 valence electrons. The monoisotopic (exact) mass is 328 g/mol. The van der Waals surface area contributed by atoms with Crippen LogP contribution in [0, 0.1) is 5.82 Å². The average molecular weight is 329 g/mol. The molecule has 0 radical (unpaired) electrons. The van der Waals surface area contributed by atoms with Crippen LogP contribution in [-0.2, 0) is 6.42 Å². The molecule has 0 spiro atoms. The summed E-state index contributed by atoms with van der Waals surface area (Å²) in [5.41, 5.74) is 2.50. The Bertz CT molecular complexity index is 502. The maximum atomic E-state index is 13.9. The van der Waals surface area contributed by atoms with Gasteiger partial charge in [-0.25, -0.2) is 4.39 Å². The Morgan fingerprint density at radius 2 is 2.33 bits per heavy atom. The molecule has 0 amide bonds. The fourth-order valence-electron chi connectivity index (χ4n) is 1.86. The zero-order chi connectivity index (χ0) is 13.0. The maximum Gasteiger partial charge on any atom is 0.128 e. The van der Waals surface area contributed by atoms with Gasteiger partial charge in [-0.15, -0.1) is 11.3 Å². The van der Waals surface area contributed by atoms with Gasteiger partial charge in [-0.2, -0.15) is 0 Å². The summed E-state index contributed by atoms with van der Waals surface area (Å²) in [7, 11) is 0. The lowest BCUT2D eigenvalue weighted by molar-refractivity contribution is 0.512. The predicted octanol–water partition coefficient (Wildman–Crippen LogP) is 3.94. The third-order valence-electron chi connectivity index (χ3n) is 2.67. The lowest BCUT2D eigenvalue weighted by Crippen LogP contribution is -2.23. The van der Waals surface area contributed by atoms with E-state index in [0.29, 0.717) is 5.56 Å². The molecule has 0 fully saturated rings. The van der Waals surface area contributed by atoms with Gasteiger partial charge in [0.1, 0.15) is 5.82 Å². The van der Waals surface area contributed by atoms with Crippen LogP contribution in [-0.4, -0.2) is 11.5 Å². The number of rotatable bonds is 5. The molecule has 1 aromatic heterocycles. The van der Waals surface area contributed by atoms with Gasteiger partial charge >= 0.3 is 0 Å². The second kappa shape index (κ2) is 6.41.